The number of ether oxygens (including phenoxy) is 1. The maximum absolute atomic E-state index is 12.5. The largest absolute Gasteiger partial charge is 0.465 e. The summed E-state index contributed by atoms with van der Waals surface area (Å²) in [6, 6.07) is 4.15. The Morgan fingerprint density at radius 1 is 1.29 bits per heavy atom. The second-order valence-corrected chi connectivity index (χ2v) is 3.67. The molecule has 0 aliphatic heterocycles. The summed E-state index contributed by atoms with van der Waals surface area (Å²) >= 11 is 0. The van der Waals surface area contributed by atoms with E-state index in [2.05, 4.69) is 15.0 Å². The first-order valence-corrected chi connectivity index (χ1v) is 6.32. The third-order valence-electron chi connectivity index (χ3n) is 2.39. The number of alkyl halides is 3. The molecule has 4 nitrogen and oxygen atoms in total. The number of nitrogens with one attached hydrogen (secondary N) is 1. The van der Waals surface area contributed by atoms with Crippen molar-refractivity contribution in [1.29, 1.82) is 0 Å². The minimum atomic E-state index is -4.51. The first kappa shape index (κ1) is 18.9. The van der Waals surface area contributed by atoms with Gasteiger partial charge in [-0.05, 0) is 25.1 Å². The Kier molecular flexibility index (Phi) is 7.48. The van der Waals surface area contributed by atoms with Crippen molar-refractivity contribution in [3.63, 3.8) is 0 Å². The van der Waals surface area contributed by atoms with Crippen LogP contribution < -0.4 is 5.32 Å². The standard InChI is InChI=1S/C12H13F3N2O2.C2H6/c1-7(12(13,14)15)17-10-6-8(11(18)19-3)4-5-9(10)16-2;1-2/h4-6,16H,1-3H3;1-2H3. The molecule has 118 valence electrons. The van der Waals surface area contributed by atoms with Crippen LogP contribution >= 0.6 is 0 Å². The fourth-order valence-electron chi connectivity index (χ4n) is 1.32. The fraction of sp³-hybridized carbons (Fsp3) is 0.429. The molecule has 1 aromatic rings. The normalized spacial score (nSPS) is 11.3. The van der Waals surface area contributed by atoms with Gasteiger partial charge in [0.15, 0.2) is 0 Å². The van der Waals surface area contributed by atoms with Crippen molar-refractivity contribution in [2.24, 2.45) is 4.99 Å². The molecule has 0 saturated carbocycles. The number of rotatable bonds is 3. The number of benzene rings is 1. The molecular formula is C14H19F3N2O2. The van der Waals surface area contributed by atoms with Gasteiger partial charge in [0, 0.05) is 7.05 Å². The van der Waals surface area contributed by atoms with Crippen LogP contribution in [0.25, 0.3) is 0 Å². The van der Waals surface area contributed by atoms with Crippen molar-refractivity contribution in [3.05, 3.63) is 23.8 Å². The van der Waals surface area contributed by atoms with E-state index in [0.29, 0.717) is 5.69 Å². The van der Waals surface area contributed by atoms with E-state index < -0.39 is 17.9 Å². The van der Waals surface area contributed by atoms with Crippen LogP contribution in [0.1, 0.15) is 31.1 Å². The lowest BCUT2D eigenvalue weighted by Crippen LogP contribution is -2.19. The molecule has 0 radical (unpaired) electrons. The summed E-state index contributed by atoms with van der Waals surface area (Å²) in [6.07, 6.45) is -4.51. The Labute approximate surface area is 122 Å². The van der Waals surface area contributed by atoms with E-state index in [0.717, 1.165) is 6.92 Å². The minimum absolute atomic E-state index is 0.0280. The first-order valence-electron chi connectivity index (χ1n) is 6.32. The Bertz CT molecular complexity index is 511. The molecule has 7 heteroatoms. The van der Waals surface area contributed by atoms with Crippen LogP contribution in [0.3, 0.4) is 0 Å². The van der Waals surface area contributed by atoms with Gasteiger partial charge in [-0.1, -0.05) is 13.8 Å². The van der Waals surface area contributed by atoms with E-state index in [1.807, 2.05) is 13.8 Å². The first-order chi connectivity index (χ1) is 9.79. The highest BCUT2D eigenvalue weighted by molar-refractivity contribution is 5.94. The predicted molar refractivity (Wildman–Crippen MR) is 77.5 cm³/mol. The summed E-state index contributed by atoms with van der Waals surface area (Å²) in [5.74, 6) is -0.635. The van der Waals surface area contributed by atoms with E-state index in [1.165, 1.54) is 25.3 Å². The van der Waals surface area contributed by atoms with Crippen LogP contribution in [-0.4, -0.2) is 32.0 Å². The Morgan fingerprint density at radius 3 is 2.29 bits per heavy atom. The second kappa shape index (κ2) is 8.28. The van der Waals surface area contributed by atoms with Gasteiger partial charge in [-0.3, -0.25) is 0 Å². The van der Waals surface area contributed by atoms with Gasteiger partial charge in [0.2, 0.25) is 0 Å². The van der Waals surface area contributed by atoms with Gasteiger partial charge in [0.1, 0.15) is 5.71 Å². The molecule has 0 spiro atoms. The van der Waals surface area contributed by atoms with E-state index in [1.54, 1.807) is 7.05 Å². The van der Waals surface area contributed by atoms with Gasteiger partial charge in [0.05, 0.1) is 24.0 Å². The lowest BCUT2D eigenvalue weighted by molar-refractivity contribution is -0.0591. The lowest BCUT2D eigenvalue weighted by atomic mass is 10.1. The molecule has 0 unspecified atom stereocenters. The number of halogens is 3. The number of aliphatic imine (C=N–C) groups is 1. The maximum Gasteiger partial charge on any atom is 0.429 e. The summed E-state index contributed by atoms with van der Waals surface area (Å²) in [4.78, 5) is 14.8. The average molecular weight is 304 g/mol. The summed E-state index contributed by atoms with van der Waals surface area (Å²) in [5, 5.41) is 2.71. The van der Waals surface area contributed by atoms with Gasteiger partial charge >= 0.3 is 12.1 Å². The number of esters is 1. The number of carbonyl (C=O) groups is 1. The number of anilines is 1. The van der Waals surface area contributed by atoms with Crippen LogP contribution in [0.15, 0.2) is 23.2 Å². The minimum Gasteiger partial charge on any atom is -0.465 e. The molecule has 1 N–H and O–H groups in total. The van der Waals surface area contributed by atoms with Gasteiger partial charge in [0.25, 0.3) is 0 Å². The number of methoxy groups -OCH3 is 1. The number of hydrogen-bond donors (Lipinski definition) is 1. The molecule has 0 fully saturated rings. The smallest absolute Gasteiger partial charge is 0.429 e. The number of carbonyl (C=O) groups excluding carboxylic acids is 1. The van der Waals surface area contributed by atoms with Crippen molar-refractivity contribution in [3.8, 4) is 0 Å². The van der Waals surface area contributed by atoms with Gasteiger partial charge in [-0.25, -0.2) is 9.79 Å². The van der Waals surface area contributed by atoms with E-state index in [4.69, 9.17) is 0 Å². The molecule has 0 heterocycles. The number of hydrogen-bond acceptors (Lipinski definition) is 4. The van der Waals surface area contributed by atoms with Gasteiger partial charge in [-0.2, -0.15) is 13.2 Å². The Balaban J connectivity index is 0.00000191. The maximum atomic E-state index is 12.5. The van der Waals surface area contributed by atoms with Crippen molar-refractivity contribution in [2.75, 3.05) is 19.5 Å². The summed E-state index contributed by atoms with van der Waals surface area (Å²) in [7, 11) is 2.74. The van der Waals surface area contributed by atoms with Crippen LogP contribution in [0.2, 0.25) is 0 Å². The van der Waals surface area contributed by atoms with E-state index >= 15 is 0 Å². The van der Waals surface area contributed by atoms with Crippen LogP contribution in [0.5, 0.6) is 0 Å². The summed E-state index contributed by atoms with van der Waals surface area (Å²) in [5.41, 5.74) is -0.447. The molecule has 0 saturated heterocycles. The van der Waals surface area contributed by atoms with E-state index in [9.17, 15) is 18.0 Å². The molecule has 1 rings (SSSR count). The molecule has 0 bridgehead atoms. The van der Waals surface area contributed by atoms with Crippen molar-refractivity contribution >= 4 is 23.1 Å². The van der Waals surface area contributed by atoms with Crippen molar-refractivity contribution in [1.82, 2.24) is 0 Å². The van der Waals surface area contributed by atoms with Crippen molar-refractivity contribution in [2.45, 2.75) is 26.9 Å². The van der Waals surface area contributed by atoms with E-state index in [-0.39, 0.29) is 11.3 Å². The zero-order valence-electron chi connectivity index (χ0n) is 12.6. The van der Waals surface area contributed by atoms with Crippen molar-refractivity contribution < 1.29 is 22.7 Å². The monoisotopic (exact) mass is 304 g/mol. The highest BCUT2D eigenvalue weighted by Crippen LogP contribution is 2.29. The molecule has 0 atom stereocenters. The Hall–Kier alpha value is -2.05. The van der Waals surface area contributed by atoms with Gasteiger partial charge in [-0.15, -0.1) is 0 Å². The zero-order chi connectivity index (χ0) is 16.6. The Morgan fingerprint density at radius 2 is 1.86 bits per heavy atom. The third-order valence-corrected chi connectivity index (χ3v) is 2.39. The highest BCUT2D eigenvalue weighted by Gasteiger charge is 2.32. The highest BCUT2D eigenvalue weighted by atomic mass is 19.4. The number of nitrogens with zero attached hydrogens (tertiary/aromatic N) is 1. The quantitative estimate of drug-likeness (QED) is 0.672. The predicted octanol–water partition coefficient (Wildman–Crippen LogP) is 4.20. The van der Waals surface area contributed by atoms with Crippen LogP contribution in [0, 0.1) is 0 Å². The van der Waals surface area contributed by atoms with Crippen LogP contribution in [-0.2, 0) is 4.74 Å². The molecule has 0 amide bonds. The fourth-order valence-corrected chi connectivity index (χ4v) is 1.32. The molecular weight excluding hydrogens is 285 g/mol. The lowest BCUT2D eigenvalue weighted by Gasteiger charge is -2.10. The zero-order valence-corrected chi connectivity index (χ0v) is 12.6. The van der Waals surface area contributed by atoms with Crippen LogP contribution in [0.4, 0.5) is 24.5 Å². The second-order valence-electron chi connectivity index (χ2n) is 3.67. The molecule has 21 heavy (non-hydrogen) atoms. The average Bonchev–Trinajstić information content (AvgIpc) is 2.47. The summed E-state index contributed by atoms with van der Waals surface area (Å²) < 4.78 is 41.9. The molecule has 0 aliphatic carbocycles. The molecule has 0 aromatic heterocycles. The topological polar surface area (TPSA) is 50.7 Å². The SMILES string of the molecule is CC.CNc1ccc(C(=O)OC)cc1N=C(C)C(F)(F)F. The third kappa shape index (κ3) is 5.45. The summed E-state index contributed by atoms with van der Waals surface area (Å²) in [6.45, 7) is 4.87. The van der Waals surface area contributed by atoms with Gasteiger partial charge < -0.3 is 10.1 Å². The molecule has 0 aliphatic rings. The molecule has 1 aromatic carbocycles.